The second-order valence-corrected chi connectivity index (χ2v) is 3.75. The fourth-order valence-electron chi connectivity index (χ4n) is 1.25. The van der Waals surface area contributed by atoms with Crippen molar-refractivity contribution in [3.63, 3.8) is 0 Å². The van der Waals surface area contributed by atoms with Gasteiger partial charge in [-0.2, -0.15) is 0 Å². The Bertz CT molecular complexity index is 163. The maximum absolute atomic E-state index is 5.48. The topological polar surface area (TPSA) is 21.6 Å². The number of hydrogen-bond donors (Lipinski definition) is 0. The number of rotatable bonds is 4. The Morgan fingerprint density at radius 2 is 2.33 bits per heavy atom. The van der Waals surface area contributed by atoms with Gasteiger partial charge in [0.15, 0.2) is 5.90 Å². The molecule has 0 aliphatic carbocycles. The molecule has 0 radical (unpaired) electrons. The summed E-state index contributed by atoms with van der Waals surface area (Å²) >= 11 is 0. The SMILES string of the molecule is CCCCC1=N[C@H](C(C)C)CO1. The van der Waals surface area contributed by atoms with Crippen molar-refractivity contribution in [2.24, 2.45) is 10.9 Å². The first-order valence-electron chi connectivity index (χ1n) is 4.93. The number of nitrogens with zero attached hydrogens (tertiary/aromatic N) is 1. The fourth-order valence-corrected chi connectivity index (χ4v) is 1.25. The fraction of sp³-hybridized carbons (Fsp3) is 0.900. The molecular weight excluding hydrogens is 150 g/mol. The highest BCUT2D eigenvalue weighted by molar-refractivity contribution is 5.77. The maximum atomic E-state index is 5.48. The summed E-state index contributed by atoms with van der Waals surface area (Å²) in [7, 11) is 0. The van der Waals surface area contributed by atoms with E-state index in [0.29, 0.717) is 12.0 Å². The quantitative estimate of drug-likeness (QED) is 0.634. The lowest BCUT2D eigenvalue weighted by Gasteiger charge is -2.06. The van der Waals surface area contributed by atoms with Gasteiger partial charge >= 0.3 is 0 Å². The summed E-state index contributed by atoms with van der Waals surface area (Å²) in [4.78, 5) is 4.52. The average Bonchev–Trinajstić information content (AvgIpc) is 2.48. The van der Waals surface area contributed by atoms with Gasteiger partial charge in [0.1, 0.15) is 6.61 Å². The third kappa shape index (κ3) is 2.50. The molecule has 1 rings (SSSR count). The van der Waals surface area contributed by atoms with E-state index in [0.717, 1.165) is 18.9 Å². The molecule has 1 atom stereocenters. The zero-order chi connectivity index (χ0) is 8.97. The lowest BCUT2D eigenvalue weighted by Crippen LogP contribution is -2.13. The van der Waals surface area contributed by atoms with E-state index in [1.54, 1.807) is 0 Å². The van der Waals surface area contributed by atoms with Gasteiger partial charge in [-0.25, -0.2) is 4.99 Å². The van der Waals surface area contributed by atoms with E-state index in [2.05, 4.69) is 25.8 Å². The highest BCUT2D eigenvalue weighted by atomic mass is 16.5. The van der Waals surface area contributed by atoms with E-state index < -0.39 is 0 Å². The van der Waals surface area contributed by atoms with Crippen LogP contribution in [0, 0.1) is 5.92 Å². The average molecular weight is 169 g/mol. The molecule has 0 saturated carbocycles. The minimum absolute atomic E-state index is 0.414. The molecule has 0 aromatic heterocycles. The summed E-state index contributed by atoms with van der Waals surface area (Å²) in [5, 5.41) is 0. The molecule has 1 heterocycles. The largest absolute Gasteiger partial charge is 0.479 e. The Morgan fingerprint density at radius 3 is 2.83 bits per heavy atom. The van der Waals surface area contributed by atoms with Gasteiger partial charge in [0.25, 0.3) is 0 Å². The van der Waals surface area contributed by atoms with Gasteiger partial charge in [0.05, 0.1) is 6.04 Å². The zero-order valence-corrected chi connectivity index (χ0v) is 8.34. The van der Waals surface area contributed by atoms with Gasteiger partial charge in [-0.05, 0) is 12.3 Å². The Labute approximate surface area is 75.0 Å². The van der Waals surface area contributed by atoms with Crippen molar-refractivity contribution in [2.75, 3.05) is 6.61 Å². The summed E-state index contributed by atoms with van der Waals surface area (Å²) in [5.74, 6) is 1.60. The molecule has 0 amide bonds. The summed E-state index contributed by atoms with van der Waals surface area (Å²) < 4.78 is 5.48. The smallest absolute Gasteiger partial charge is 0.183 e. The van der Waals surface area contributed by atoms with Crippen molar-refractivity contribution in [3.05, 3.63) is 0 Å². The van der Waals surface area contributed by atoms with Crippen LogP contribution in [-0.4, -0.2) is 18.5 Å². The van der Waals surface area contributed by atoms with E-state index in [1.165, 1.54) is 12.8 Å². The molecule has 0 N–H and O–H groups in total. The van der Waals surface area contributed by atoms with Crippen LogP contribution >= 0.6 is 0 Å². The first-order chi connectivity index (χ1) is 5.74. The van der Waals surface area contributed by atoms with Crippen molar-refractivity contribution >= 4 is 5.90 Å². The molecule has 0 unspecified atom stereocenters. The third-order valence-electron chi connectivity index (χ3n) is 2.24. The third-order valence-corrected chi connectivity index (χ3v) is 2.24. The lowest BCUT2D eigenvalue weighted by molar-refractivity contribution is 0.285. The van der Waals surface area contributed by atoms with Gasteiger partial charge in [0, 0.05) is 6.42 Å². The predicted molar refractivity (Wildman–Crippen MR) is 51.5 cm³/mol. The monoisotopic (exact) mass is 169 g/mol. The number of aliphatic imine (C=N–C) groups is 1. The van der Waals surface area contributed by atoms with Gasteiger partial charge in [0.2, 0.25) is 0 Å². The summed E-state index contributed by atoms with van der Waals surface area (Å²) in [6.07, 6.45) is 3.44. The highest BCUT2D eigenvalue weighted by Crippen LogP contribution is 2.15. The molecule has 0 saturated heterocycles. The standard InChI is InChI=1S/C10H19NO/c1-4-5-6-10-11-9(7-12-10)8(2)3/h8-9H,4-7H2,1-3H3/t9-/m0/s1. The van der Waals surface area contributed by atoms with Crippen LogP contribution in [-0.2, 0) is 4.74 Å². The minimum Gasteiger partial charge on any atom is -0.479 e. The van der Waals surface area contributed by atoms with E-state index in [9.17, 15) is 0 Å². The summed E-state index contributed by atoms with van der Waals surface area (Å²) in [5.41, 5.74) is 0. The van der Waals surface area contributed by atoms with Gasteiger partial charge in [-0.15, -0.1) is 0 Å². The van der Waals surface area contributed by atoms with Crippen LogP contribution in [0.3, 0.4) is 0 Å². The Balaban J connectivity index is 2.32. The first kappa shape index (κ1) is 9.56. The van der Waals surface area contributed by atoms with Crippen molar-refractivity contribution < 1.29 is 4.74 Å². The molecule has 0 bridgehead atoms. The van der Waals surface area contributed by atoms with E-state index in [1.807, 2.05) is 0 Å². The minimum atomic E-state index is 0.414. The van der Waals surface area contributed by atoms with Crippen LogP contribution in [0.2, 0.25) is 0 Å². The summed E-state index contributed by atoms with van der Waals surface area (Å²) in [6.45, 7) is 7.38. The van der Waals surface area contributed by atoms with Gasteiger partial charge in [-0.1, -0.05) is 27.2 Å². The lowest BCUT2D eigenvalue weighted by atomic mass is 10.1. The normalized spacial score (nSPS) is 22.7. The second kappa shape index (κ2) is 4.48. The Kier molecular flexibility index (Phi) is 3.57. The van der Waals surface area contributed by atoms with Crippen LogP contribution in [0.15, 0.2) is 4.99 Å². The van der Waals surface area contributed by atoms with Crippen molar-refractivity contribution in [1.82, 2.24) is 0 Å². The zero-order valence-electron chi connectivity index (χ0n) is 8.34. The van der Waals surface area contributed by atoms with Crippen LogP contribution in [0.1, 0.15) is 40.0 Å². The first-order valence-corrected chi connectivity index (χ1v) is 4.93. The molecule has 2 nitrogen and oxygen atoms in total. The molecule has 1 aliphatic rings. The van der Waals surface area contributed by atoms with E-state index >= 15 is 0 Å². The molecule has 2 heteroatoms. The van der Waals surface area contributed by atoms with Crippen LogP contribution < -0.4 is 0 Å². The maximum Gasteiger partial charge on any atom is 0.183 e. The van der Waals surface area contributed by atoms with Crippen molar-refractivity contribution in [3.8, 4) is 0 Å². The molecule has 1 aliphatic heterocycles. The molecule has 0 aromatic rings. The molecule has 70 valence electrons. The van der Waals surface area contributed by atoms with Crippen LogP contribution in [0.25, 0.3) is 0 Å². The van der Waals surface area contributed by atoms with E-state index in [4.69, 9.17) is 4.74 Å². The predicted octanol–water partition coefficient (Wildman–Crippen LogP) is 2.63. The molecular formula is C10H19NO. The van der Waals surface area contributed by atoms with Crippen LogP contribution in [0.4, 0.5) is 0 Å². The van der Waals surface area contributed by atoms with E-state index in [-0.39, 0.29) is 0 Å². The van der Waals surface area contributed by atoms with Crippen molar-refractivity contribution in [1.29, 1.82) is 0 Å². The summed E-state index contributed by atoms with van der Waals surface area (Å²) in [6, 6.07) is 0.414. The molecule has 0 fully saturated rings. The van der Waals surface area contributed by atoms with Gasteiger partial charge < -0.3 is 4.74 Å². The second-order valence-electron chi connectivity index (χ2n) is 3.75. The Hall–Kier alpha value is -0.530. The molecule has 0 spiro atoms. The number of hydrogen-bond acceptors (Lipinski definition) is 2. The number of unbranched alkanes of at least 4 members (excludes halogenated alkanes) is 1. The van der Waals surface area contributed by atoms with Crippen molar-refractivity contribution in [2.45, 2.75) is 46.1 Å². The van der Waals surface area contributed by atoms with Crippen LogP contribution in [0.5, 0.6) is 0 Å². The highest BCUT2D eigenvalue weighted by Gasteiger charge is 2.20. The molecule has 12 heavy (non-hydrogen) atoms. The Morgan fingerprint density at radius 1 is 1.58 bits per heavy atom. The van der Waals surface area contributed by atoms with Gasteiger partial charge in [-0.3, -0.25) is 0 Å². The molecule has 0 aromatic carbocycles. The number of ether oxygens (including phenoxy) is 1.